The number of aromatic nitrogens is 5. The number of hydrogen-bond donors (Lipinski definition) is 1. The summed E-state index contributed by atoms with van der Waals surface area (Å²) in [4.78, 5) is 3.75. The molecular formula is C6H9N5S. The predicted molar refractivity (Wildman–Crippen MR) is 45.8 cm³/mol. The maximum absolute atomic E-state index is 3.75. The van der Waals surface area contributed by atoms with E-state index in [0.29, 0.717) is 0 Å². The smallest absolute Gasteiger partial charge is 0.137 e. The minimum atomic E-state index is 0.856. The summed E-state index contributed by atoms with van der Waals surface area (Å²) in [5.74, 6) is 0.856. The fourth-order valence-corrected chi connectivity index (χ4v) is 0.836. The van der Waals surface area contributed by atoms with Crippen molar-refractivity contribution < 1.29 is 0 Å². The molecule has 12 heavy (non-hydrogen) atoms. The van der Waals surface area contributed by atoms with E-state index < -0.39 is 0 Å². The molecule has 0 bridgehead atoms. The average molecular weight is 183 g/mol. The molecule has 64 valence electrons. The van der Waals surface area contributed by atoms with Gasteiger partial charge >= 0.3 is 0 Å². The highest BCUT2D eigenvalue weighted by Gasteiger charge is 1.78. The number of aromatic amines is 1. The highest BCUT2D eigenvalue weighted by Crippen LogP contribution is 1.94. The Kier molecular flexibility index (Phi) is 3.34. The number of nitrogens with one attached hydrogen (secondary N) is 1. The van der Waals surface area contributed by atoms with Gasteiger partial charge in [-0.25, -0.2) is 4.98 Å². The number of nitrogens with zero attached hydrogens (tertiary/aromatic N) is 4. The summed E-state index contributed by atoms with van der Waals surface area (Å²) < 4.78 is 0. The zero-order valence-electron chi connectivity index (χ0n) is 6.85. The van der Waals surface area contributed by atoms with Crippen molar-refractivity contribution in [1.29, 1.82) is 0 Å². The summed E-state index contributed by atoms with van der Waals surface area (Å²) in [7, 11) is 0. The second-order valence-electron chi connectivity index (χ2n) is 2.03. The number of H-pyrrole nitrogens is 1. The summed E-state index contributed by atoms with van der Waals surface area (Å²) >= 11 is 1.56. The zero-order chi connectivity index (χ0) is 8.81. The van der Waals surface area contributed by atoms with Crippen molar-refractivity contribution in [2.75, 3.05) is 0 Å². The third-order valence-corrected chi connectivity index (χ3v) is 1.63. The van der Waals surface area contributed by atoms with Gasteiger partial charge in [0.1, 0.15) is 22.7 Å². The molecule has 2 aromatic heterocycles. The van der Waals surface area contributed by atoms with Crippen molar-refractivity contribution in [2.45, 2.75) is 13.8 Å². The van der Waals surface area contributed by atoms with Gasteiger partial charge in [0.15, 0.2) is 0 Å². The van der Waals surface area contributed by atoms with E-state index in [4.69, 9.17) is 0 Å². The quantitative estimate of drug-likeness (QED) is 0.660. The lowest BCUT2D eigenvalue weighted by molar-refractivity contribution is 1.04. The molecule has 0 radical (unpaired) electrons. The minimum Gasteiger partial charge on any atom is -0.264 e. The van der Waals surface area contributed by atoms with Gasteiger partial charge in [0.05, 0.1) is 0 Å². The van der Waals surface area contributed by atoms with E-state index in [1.54, 1.807) is 16.8 Å². The summed E-state index contributed by atoms with van der Waals surface area (Å²) in [6, 6.07) is 0. The molecule has 2 heterocycles. The summed E-state index contributed by atoms with van der Waals surface area (Å²) in [6.07, 6.45) is 1.48. The van der Waals surface area contributed by atoms with E-state index in [1.807, 2.05) is 13.8 Å². The first kappa shape index (κ1) is 8.79. The molecule has 2 aromatic rings. The maximum Gasteiger partial charge on any atom is 0.137 e. The average Bonchev–Trinajstić information content (AvgIpc) is 2.63. The molecule has 0 aliphatic rings. The number of rotatable bonds is 0. The third kappa shape index (κ3) is 3.20. The Balaban J connectivity index is 0.000000120. The topological polar surface area (TPSA) is 67.3 Å². The molecule has 6 heteroatoms. The second kappa shape index (κ2) is 4.55. The van der Waals surface area contributed by atoms with Crippen molar-refractivity contribution in [3.05, 3.63) is 22.7 Å². The lowest BCUT2D eigenvalue weighted by Crippen LogP contribution is -1.68. The molecule has 2 rings (SSSR count). The van der Waals surface area contributed by atoms with Crippen LogP contribution in [0.2, 0.25) is 0 Å². The first-order valence-electron chi connectivity index (χ1n) is 3.34. The fraction of sp³-hybridized carbons (Fsp3) is 0.333. The normalized spacial score (nSPS) is 8.83. The lowest BCUT2D eigenvalue weighted by atomic mass is 10.8. The highest BCUT2D eigenvalue weighted by molar-refractivity contribution is 7.09. The standard InChI is InChI=1S/C3H5N3.C3H4N2S/c1-3-4-2-5-6-3;1-3-5-4-2-6-3/h2H,1H3,(H,4,5,6);2H,1H3. The van der Waals surface area contributed by atoms with Gasteiger partial charge in [-0.3, -0.25) is 5.10 Å². The molecule has 0 spiro atoms. The molecule has 1 N–H and O–H groups in total. The number of aryl methyl sites for hydroxylation is 2. The first-order chi connectivity index (χ1) is 5.79. The maximum atomic E-state index is 3.75. The van der Waals surface area contributed by atoms with Gasteiger partial charge in [-0.1, -0.05) is 0 Å². The van der Waals surface area contributed by atoms with Crippen molar-refractivity contribution >= 4 is 11.3 Å². The fourth-order valence-electron chi connectivity index (χ4n) is 0.495. The van der Waals surface area contributed by atoms with Crippen LogP contribution < -0.4 is 0 Å². The van der Waals surface area contributed by atoms with Crippen LogP contribution in [0.15, 0.2) is 11.8 Å². The summed E-state index contributed by atoms with van der Waals surface area (Å²) in [6.45, 7) is 3.78. The Morgan fingerprint density at radius 2 is 2.25 bits per heavy atom. The molecule has 0 amide bonds. The van der Waals surface area contributed by atoms with Crippen LogP contribution in [0, 0.1) is 13.8 Å². The van der Waals surface area contributed by atoms with Gasteiger partial charge in [-0.15, -0.1) is 21.5 Å². The molecule has 0 aliphatic heterocycles. The van der Waals surface area contributed by atoms with Crippen LogP contribution in [0.5, 0.6) is 0 Å². The molecule has 0 fully saturated rings. The van der Waals surface area contributed by atoms with Gasteiger partial charge in [-0.2, -0.15) is 5.10 Å². The first-order valence-corrected chi connectivity index (χ1v) is 4.21. The van der Waals surface area contributed by atoms with Crippen LogP contribution in [0.25, 0.3) is 0 Å². The SMILES string of the molecule is Cc1ncn[nH]1.Cc1nncs1. The molecule has 0 saturated carbocycles. The zero-order valence-corrected chi connectivity index (χ0v) is 7.67. The van der Waals surface area contributed by atoms with E-state index in [2.05, 4.69) is 25.4 Å². The largest absolute Gasteiger partial charge is 0.264 e. The monoisotopic (exact) mass is 183 g/mol. The Bertz CT molecular complexity index is 255. The summed E-state index contributed by atoms with van der Waals surface area (Å²) in [5.41, 5.74) is 1.72. The summed E-state index contributed by atoms with van der Waals surface area (Å²) in [5, 5.41) is 14.5. The van der Waals surface area contributed by atoms with Gasteiger partial charge in [-0.05, 0) is 13.8 Å². The third-order valence-electron chi connectivity index (χ3n) is 1.00. The molecule has 0 atom stereocenters. The lowest BCUT2D eigenvalue weighted by Gasteiger charge is -1.66. The van der Waals surface area contributed by atoms with Crippen molar-refractivity contribution in [1.82, 2.24) is 25.4 Å². The van der Waals surface area contributed by atoms with Crippen LogP contribution >= 0.6 is 11.3 Å². The van der Waals surface area contributed by atoms with Crippen LogP contribution in [0.3, 0.4) is 0 Å². The molecule has 0 unspecified atom stereocenters. The van der Waals surface area contributed by atoms with E-state index >= 15 is 0 Å². The highest BCUT2D eigenvalue weighted by atomic mass is 32.1. The Labute approximate surface area is 73.9 Å². The second-order valence-corrected chi connectivity index (χ2v) is 3.07. The van der Waals surface area contributed by atoms with Crippen molar-refractivity contribution in [2.24, 2.45) is 0 Å². The molecule has 0 saturated heterocycles. The molecule has 0 aromatic carbocycles. The van der Waals surface area contributed by atoms with Gasteiger partial charge < -0.3 is 0 Å². The minimum absolute atomic E-state index is 0.856. The number of hydrogen-bond acceptors (Lipinski definition) is 5. The Morgan fingerprint density at radius 3 is 2.42 bits per heavy atom. The van der Waals surface area contributed by atoms with Crippen LogP contribution in [0.1, 0.15) is 10.8 Å². The van der Waals surface area contributed by atoms with Crippen molar-refractivity contribution in [3.63, 3.8) is 0 Å². The van der Waals surface area contributed by atoms with Gasteiger partial charge in [0.2, 0.25) is 0 Å². The Morgan fingerprint density at radius 1 is 1.42 bits per heavy atom. The predicted octanol–water partition coefficient (Wildman–Crippen LogP) is 0.960. The molecule has 5 nitrogen and oxygen atoms in total. The van der Waals surface area contributed by atoms with E-state index in [-0.39, 0.29) is 0 Å². The van der Waals surface area contributed by atoms with Gasteiger partial charge in [0.25, 0.3) is 0 Å². The van der Waals surface area contributed by atoms with Crippen LogP contribution in [0.4, 0.5) is 0 Å². The molecule has 0 aliphatic carbocycles. The van der Waals surface area contributed by atoms with Gasteiger partial charge in [0, 0.05) is 0 Å². The van der Waals surface area contributed by atoms with Crippen molar-refractivity contribution in [3.8, 4) is 0 Å². The Hall–Kier alpha value is -1.30. The van der Waals surface area contributed by atoms with Crippen LogP contribution in [-0.2, 0) is 0 Å². The van der Waals surface area contributed by atoms with E-state index in [0.717, 1.165) is 10.8 Å². The van der Waals surface area contributed by atoms with E-state index in [9.17, 15) is 0 Å². The molecular weight excluding hydrogens is 174 g/mol. The van der Waals surface area contributed by atoms with Crippen LogP contribution in [-0.4, -0.2) is 25.4 Å². The van der Waals surface area contributed by atoms with E-state index in [1.165, 1.54) is 6.33 Å².